The van der Waals surface area contributed by atoms with Crippen molar-refractivity contribution >= 4 is 22.9 Å². The maximum Gasteiger partial charge on any atom is 0.0931 e. The van der Waals surface area contributed by atoms with Crippen LogP contribution in [0.15, 0.2) is 12.1 Å². The lowest BCUT2D eigenvalue weighted by Crippen LogP contribution is -2.35. The largest absolute Gasteiger partial charge is 0.383 e. The van der Waals surface area contributed by atoms with Crippen molar-refractivity contribution in [3.05, 3.63) is 21.3 Å². The molecule has 1 aromatic rings. The van der Waals surface area contributed by atoms with Gasteiger partial charge in [0.15, 0.2) is 0 Å². The van der Waals surface area contributed by atoms with Gasteiger partial charge >= 0.3 is 0 Å². The summed E-state index contributed by atoms with van der Waals surface area (Å²) in [6.45, 7) is 3.58. The number of hydrogen-bond donors (Lipinski definition) is 2. The summed E-state index contributed by atoms with van der Waals surface area (Å²) < 4.78 is 6.05. The highest BCUT2D eigenvalue weighted by molar-refractivity contribution is 7.16. The molecule has 0 aliphatic rings. The van der Waals surface area contributed by atoms with Crippen molar-refractivity contribution in [2.75, 3.05) is 20.3 Å². The van der Waals surface area contributed by atoms with Crippen LogP contribution in [0.5, 0.6) is 0 Å². The Morgan fingerprint density at radius 2 is 2.29 bits per heavy atom. The summed E-state index contributed by atoms with van der Waals surface area (Å²) in [6, 6.07) is 4.65. The summed E-state index contributed by atoms with van der Waals surface area (Å²) in [5, 5.41) is 3.55. The van der Waals surface area contributed by atoms with Crippen molar-refractivity contribution in [3.8, 4) is 0 Å². The molecule has 1 heterocycles. The second-order valence-corrected chi connectivity index (χ2v) is 5.86. The summed E-state index contributed by atoms with van der Waals surface area (Å²) in [7, 11) is 1.73. The highest BCUT2D eigenvalue weighted by Gasteiger charge is 2.14. The number of nitrogens with two attached hydrogens (primary N) is 1. The van der Waals surface area contributed by atoms with Gasteiger partial charge in [-0.3, -0.25) is 0 Å². The van der Waals surface area contributed by atoms with Crippen LogP contribution < -0.4 is 11.1 Å². The summed E-state index contributed by atoms with van der Waals surface area (Å²) >= 11 is 7.55. The van der Waals surface area contributed by atoms with E-state index in [1.165, 1.54) is 4.88 Å². The van der Waals surface area contributed by atoms with Gasteiger partial charge in [-0.2, -0.15) is 0 Å². The highest BCUT2D eigenvalue weighted by atomic mass is 35.5. The Balaban J connectivity index is 2.47. The molecule has 1 rings (SSSR count). The maximum atomic E-state index is 5.94. The van der Waals surface area contributed by atoms with E-state index in [1.54, 1.807) is 18.4 Å². The van der Waals surface area contributed by atoms with Crippen LogP contribution in [-0.4, -0.2) is 26.3 Å². The lowest BCUT2D eigenvalue weighted by Gasteiger charge is -2.22. The molecule has 0 bridgehead atoms. The Morgan fingerprint density at radius 1 is 1.53 bits per heavy atom. The van der Waals surface area contributed by atoms with E-state index in [4.69, 9.17) is 22.1 Å². The number of nitrogens with one attached hydrogen (secondary N) is 1. The number of methoxy groups -OCH3 is 1. The topological polar surface area (TPSA) is 47.3 Å². The number of ether oxygens (including phenoxy) is 1. The normalized spacial score (nSPS) is 14.8. The van der Waals surface area contributed by atoms with E-state index in [1.807, 2.05) is 6.07 Å². The quantitative estimate of drug-likeness (QED) is 0.768. The Hall–Kier alpha value is -0.130. The number of thiophene rings is 1. The van der Waals surface area contributed by atoms with Gasteiger partial charge in [-0.1, -0.05) is 11.6 Å². The van der Waals surface area contributed by atoms with Crippen LogP contribution in [-0.2, 0) is 4.74 Å². The minimum absolute atomic E-state index is 0.297. The molecular weight excluding hydrogens is 256 g/mol. The second-order valence-electron chi connectivity index (χ2n) is 4.11. The lowest BCUT2D eigenvalue weighted by molar-refractivity contribution is 0.157. The average Bonchev–Trinajstić information content (AvgIpc) is 2.73. The first kappa shape index (κ1) is 14.9. The minimum Gasteiger partial charge on any atom is -0.383 e. The van der Waals surface area contributed by atoms with Crippen molar-refractivity contribution in [1.82, 2.24) is 5.32 Å². The fourth-order valence-electron chi connectivity index (χ4n) is 1.78. The lowest BCUT2D eigenvalue weighted by atomic mass is 10.1. The van der Waals surface area contributed by atoms with Gasteiger partial charge in [0, 0.05) is 24.1 Å². The first-order valence-corrected chi connectivity index (χ1v) is 7.07. The summed E-state index contributed by atoms with van der Waals surface area (Å²) in [6.07, 6.45) is 2.05. The standard InChI is InChI=1S/C12H21ClN2OS/c1-9(11-5-6-12(13)17-11)15-10(8-16-2)4-3-7-14/h5-6,9-10,15H,3-4,7-8,14H2,1-2H3. The minimum atomic E-state index is 0.297. The molecule has 5 heteroatoms. The van der Waals surface area contributed by atoms with Crippen LogP contribution in [0, 0.1) is 0 Å². The van der Waals surface area contributed by atoms with Crippen molar-refractivity contribution in [3.63, 3.8) is 0 Å². The van der Waals surface area contributed by atoms with Gasteiger partial charge in [-0.15, -0.1) is 11.3 Å². The number of halogens is 1. The van der Waals surface area contributed by atoms with Gasteiger partial charge in [-0.05, 0) is 38.4 Å². The SMILES string of the molecule is COCC(CCCN)NC(C)c1ccc(Cl)s1. The van der Waals surface area contributed by atoms with Crippen molar-refractivity contribution in [2.24, 2.45) is 5.73 Å². The molecule has 98 valence electrons. The molecule has 0 radical (unpaired) electrons. The van der Waals surface area contributed by atoms with Gasteiger partial charge in [-0.25, -0.2) is 0 Å². The fourth-order valence-corrected chi connectivity index (χ4v) is 2.85. The molecule has 3 nitrogen and oxygen atoms in total. The summed E-state index contributed by atoms with van der Waals surface area (Å²) in [4.78, 5) is 1.25. The van der Waals surface area contributed by atoms with Crippen LogP contribution in [0.1, 0.15) is 30.7 Å². The first-order valence-electron chi connectivity index (χ1n) is 5.87. The maximum absolute atomic E-state index is 5.94. The van der Waals surface area contributed by atoms with E-state index in [9.17, 15) is 0 Å². The molecule has 3 N–H and O–H groups in total. The molecule has 0 saturated heterocycles. The Labute approximate surface area is 112 Å². The predicted octanol–water partition coefficient (Wildman–Crippen LogP) is 2.81. The molecule has 2 unspecified atom stereocenters. The number of hydrogen-bond acceptors (Lipinski definition) is 4. The third-order valence-corrected chi connectivity index (χ3v) is 4.04. The van der Waals surface area contributed by atoms with Gasteiger partial charge < -0.3 is 15.8 Å². The second kappa shape index (κ2) is 8.06. The van der Waals surface area contributed by atoms with Crippen LogP contribution in [0.25, 0.3) is 0 Å². The van der Waals surface area contributed by atoms with Crippen LogP contribution in [0.3, 0.4) is 0 Å². The molecule has 0 aliphatic carbocycles. The van der Waals surface area contributed by atoms with Gasteiger partial charge in [0.2, 0.25) is 0 Å². The Morgan fingerprint density at radius 3 is 2.82 bits per heavy atom. The molecule has 0 aliphatic heterocycles. The average molecular weight is 277 g/mol. The molecule has 17 heavy (non-hydrogen) atoms. The van der Waals surface area contributed by atoms with Crippen molar-refractivity contribution in [2.45, 2.75) is 31.8 Å². The van der Waals surface area contributed by atoms with Crippen LogP contribution in [0.4, 0.5) is 0 Å². The Bertz CT molecular complexity index is 319. The molecule has 2 atom stereocenters. The molecule has 0 aromatic carbocycles. The zero-order chi connectivity index (χ0) is 12.7. The molecule has 0 amide bonds. The van der Waals surface area contributed by atoms with Gasteiger partial charge in [0.05, 0.1) is 10.9 Å². The van der Waals surface area contributed by atoms with Crippen molar-refractivity contribution in [1.29, 1.82) is 0 Å². The zero-order valence-electron chi connectivity index (χ0n) is 10.4. The highest BCUT2D eigenvalue weighted by Crippen LogP contribution is 2.27. The smallest absolute Gasteiger partial charge is 0.0931 e. The third-order valence-electron chi connectivity index (χ3n) is 2.63. The predicted molar refractivity (Wildman–Crippen MR) is 74.8 cm³/mol. The van der Waals surface area contributed by atoms with Crippen LogP contribution >= 0.6 is 22.9 Å². The fraction of sp³-hybridized carbons (Fsp3) is 0.667. The van der Waals surface area contributed by atoms with Crippen molar-refractivity contribution < 1.29 is 4.74 Å². The first-order chi connectivity index (χ1) is 8.17. The Kier molecular flexibility index (Phi) is 7.08. The van der Waals surface area contributed by atoms with Gasteiger partial charge in [0.25, 0.3) is 0 Å². The molecule has 0 fully saturated rings. The monoisotopic (exact) mass is 276 g/mol. The van der Waals surface area contributed by atoms with E-state index < -0.39 is 0 Å². The van der Waals surface area contributed by atoms with Crippen LogP contribution in [0.2, 0.25) is 4.34 Å². The molecular formula is C12H21ClN2OS. The molecule has 0 spiro atoms. The summed E-state index contributed by atoms with van der Waals surface area (Å²) in [5.74, 6) is 0. The van der Waals surface area contributed by atoms with E-state index in [-0.39, 0.29) is 0 Å². The van der Waals surface area contributed by atoms with E-state index in [0.717, 1.165) is 23.7 Å². The molecule has 0 saturated carbocycles. The zero-order valence-corrected chi connectivity index (χ0v) is 12.0. The number of rotatable bonds is 8. The third kappa shape index (κ3) is 5.36. The van der Waals surface area contributed by atoms with E-state index in [0.29, 0.717) is 18.7 Å². The van der Waals surface area contributed by atoms with E-state index >= 15 is 0 Å². The van der Waals surface area contributed by atoms with E-state index in [2.05, 4.69) is 18.3 Å². The van der Waals surface area contributed by atoms with Gasteiger partial charge in [0.1, 0.15) is 0 Å². The molecule has 1 aromatic heterocycles. The summed E-state index contributed by atoms with van der Waals surface area (Å²) in [5.41, 5.74) is 5.53.